The van der Waals surface area contributed by atoms with Gasteiger partial charge in [-0.15, -0.1) is 0 Å². The van der Waals surface area contributed by atoms with Crippen molar-refractivity contribution in [3.05, 3.63) is 35.9 Å². The SMILES string of the molecule is CC1(CO[Si](C)(C)C(C)(C)C)C2CC[C@@](C)(O)[C@]23CC1(OCOCc1ccccc1)[C@@]1(C)O[C@@]31CO. The molecule has 0 aromatic heterocycles. The Balaban J connectivity index is 1.50. The van der Waals surface area contributed by atoms with Gasteiger partial charge in [0.25, 0.3) is 0 Å². The van der Waals surface area contributed by atoms with Crippen LogP contribution in [0.25, 0.3) is 0 Å². The van der Waals surface area contributed by atoms with Crippen LogP contribution >= 0.6 is 0 Å². The van der Waals surface area contributed by atoms with Crippen molar-refractivity contribution in [2.75, 3.05) is 20.0 Å². The van der Waals surface area contributed by atoms with Crippen molar-refractivity contribution in [1.29, 1.82) is 0 Å². The summed E-state index contributed by atoms with van der Waals surface area (Å²) in [6.45, 7) is 18.7. The third-order valence-electron chi connectivity index (χ3n) is 11.6. The van der Waals surface area contributed by atoms with Gasteiger partial charge in [0, 0.05) is 17.4 Å². The van der Waals surface area contributed by atoms with Crippen LogP contribution < -0.4 is 0 Å². The summed E-state index contributed by atoms with van der Waals surface area (Å²) in [5.41, 5.74) is -3.12. The van der Waals surface area contributed by atoms with Crippen molar-refractivity contribution < 1.29 is 28.8 Å². The predicted molar refractivity (Wildman–Crippen MR) is 141 cm³/mol. The van der Waals surface area contributed by atoms with Gasteiger partial charge >= 0.3 is 0 Å². The minimum atomic E-state index is -2.04. The van der Waals surface area contributed by atoms with Crippen LogP contribution in [0.1, 0.15) is 66.4 Å². The van der Waals surface area contributed by atoms with E-state index in [0.717, 1.165) is 12.0 Å². The highest BCUT2D eigenvalue weighted by Crippen LogP contribution is 2.89. The molecule has 0 radical (unpaired) electrons. The van der Waals surface area contributed by atoms with Crippen molar-refractivity contribution >= 4 is 8.32 Å². The van der Waals surface area contributed by atoms with E-state index in [0.29, 0.717) is 26.1 Å². The zero-order chi connectivity index (χ0) is 26.5. The molecule has 3 saturated carbocycles. The third-order valence-corrected chi connectivity index (χ3v) is 16.0. The number of aliphatic hydroxyl groups excluding tert-OH is 1. The molecule has 202 valence electrons. The number of fused-ring (bicyclic) bond motifs is 3. The highest BCUT2D eigenvalue weighted by molar-refractivity contribution is 6.74. The number of rotatable bonds is 9. The molecule has 2 N–H and O–H groups in total. The molecule has 4 fully saturated rings. The van der Waals surface area contributed by atoms with Crippen LogP contribution in [0.2, 0.25) is 18.1 Å². The van der Waals surface area contributed by atoms with Gasteiger partial charge in [0.05, 0.1) is 18.8 Å². The second-order valence-corrected chi connectivity index (χ2v) is 18.8. The van der Waals surface area contributed by atoms with E-state index in [1.54, 1.807) is 0 Å². The van der Waals surface area contributed by atoms with Crippen LogP contribution in [0, 0.1) is 16.7 Å². The Bertz CT molecular complexity index is 1010. The van der Waals surface area contributed by atoms with Gasteiger partial charge in [-0.1, -0.05) is 58.0 Å². The molecular weight excluding hydrogens is 472 g/mol. The molecular formula is C29H46O6Si. The number of epoxide rings is 1. The summed E-state index contributed by atoms with van der Waals surface area (Å²) in [5.74, 6) is 0.113. The summed E-state index contributed by atoms with van der Waals surface area (Å²) in [4.78, 5) is 0. The summed E-state index contributed by atoms with van der Waals surface area (Å²) in [7, 11) is -2.04. The third kappa shape index (κ3) is 2.99. The first kappa shape index (κ1) is 26.8. The fourth-order valence-electron chi connectivity index (χ4n) is 8.46. The van der Waals surface area contributed by atoms with Gasteiger partial charge in [-0.05, 0) is 62.7 Å². The van der Waals surface area contributed by atoms with Gasteiger partial charge in [0.1, 0.15) is 23.6 Å². The van der Waals surface area contributed by atoms with E-state index in [1.807, 2.05) is 37.3 Å². The molecule has 1 aromatic rings. The summed E-state index contributed by atoms with van der Waals surface area (Å²) < 4.78 is 26.4. The molecule has 4 aliphatic rings. The van der Waals surface area contributed by atoms with E-state index >= 15 is 0 Å². The standard InChI is InChI=1S/C29H46O6Si/c1-23(2,3)36(7,8)34-19-24(4)22-14-15-25(5,31)27(22)17-28(24,26(6)29(27,18-30)35-26)33-20-32-16-21-12-10-9-11-13-21/h9-13,22,30-31H,14-20H2,1-8H3/t22?,24?,25-,26-,27+,28?,29-/m1/s1. The van der Waals surface area contributed by atoms with Crippen molar-refractivity contribution in [3.63, 3.8) is 0 Å². The van der Waals surface area contributed by atoms with Crippen molar-refractivity contribution in [2.45, 2.75) is 108 Å². The minimum absolute atomic E-state index is 0.0848. The molecule has 2 bridgehead atoms. The van der Waals surface area contributed by atoms with Gasteiger partial charge in [-0.3, -0.25) is 0 Å². The van der Waals surface area contributed by atoms with E-state index in [2.05, 4.69) is 47.7 Å². The zero-order valence-electron chi connectivity index (χ0n) is 23.4. The second-order valence-electron chi connectivity index (χ2n) is 14.0. The van der Waals surface area contributed by atoms with Gasteiger partial charge in [0.15, 0.2) is 8.32 Å². The maximum absolute atomic E-state index is 11.9. The lowest BCUT2D eigenvalue weighted by Crippen LogP contribution is -2.65. The number of hydrogen-bond acceptors (Lipinski definition) is 6. The van der Waals surface area contributed by atoms with Crippen LogP contribution in [-0.2, 0) is 25.2 Å². The monoisotopic (exact) mass is 518 g/mol. The second kappa shape index (κ2) is 7.87. The topological polar surface area (TPSA) is 80.7 Å². The first-order valence-electron chi connectivity index (χ1n) is 13.5. The molecule has 0 amide bonds. The van der Waals surface area contributed by atoms with E-state index in [1.165, 1.54) is 0 Å². The molecule has 5 rings (SSSR count). The maximum Gasteiger partial charge on any atom is 0.192 e. The number of ether oxygens (including phenoxy) is 3. The number of aliphatic hydroxyl groups is 2. The maximum atomic E-state index is 11.9. The molecule has 3 aliphatic carbocycles. The first-order valence-corrected chi connectivity index (χ1v) is 16.4. The summed E-state index contributed by atoms with van der Waals surface area (Å²) in [5, 5.41) is 22.7. The molecule has 1 aliphatic heterocycles. The Labute approximate surface area is 217 Å². The van der Waals surface area contributed by atoms with Crippen molar-refractivity contribution in [3.8, 4) is 0 Å². The summed E-state index contributed by atoms with van der Waals surface area (Å²) in [6.07, 6.45) is 2.19. The molecule has 3 unspecified atom stereocenters. The van der Waals surface area contributed by atoms with Gasteiger partial charge in [-0.2, -0.15) is 0 Å². The van der Waals surface area contributed by atoms with E-state index < -0.39 is 41.6 Å². The van der Waals surface area contributed by atoms with Crippen LogP contribution in [-0.4, -0.2) is 60.9 Å². The molecule has 6 nitrogen and oxygen atoms in total. The lowest BCUT2D eigenvalue weighted by atomic mass is 9.53. The minimum Gasteiger partial charge on any atom is -0.416 e. The molecule has 7 atom stereocenters. The predicted octanol–water partition coefficient (Wildman–Crippen LogP) is 5.03. The highest BCUT2D eigenvalue weighted by atomic mass is 28.4. The average Bonchev–Trinajstić information content (AvgIpc) is 3.17. The lowest BCUT2D eigenvalue weighted by molar-refractivity contribution is -0.224. The molecule has 7 heteroatoms. The Morgan fingerprint density at radius 2 is 1.78 bits per heavy atom. The normalized spacial score (nSPS) is 45.1. The van der Waals surface area contributed by atoms with Gasteiger partial charge in [0.2, 0.25) is 0 Å². The van der Waals surface area contributed by atoms with Gasteiger partial charge < -0.3 is 28.8 Å². The Kier molecular flexibility index (Phi) is 5.86. The Morgan fingerprint density at radius 1 is 1.11 bits per heavy atom. The van der Waals surface area contributed by atoms with Gasteiger partial charge in [-0.25, -0.2) is 0 Å². The van der Waals surface area contributed by atoms with Crippen LogP contribution in [0.15, 0.2) is 30.3 Å². The summed E-state index contributed by atoms with van der Waals surface area (Å²) >= 11 is 0. The number of hydrogen-bond donors (Lipinski definition) is 2. The largest absolute Gasteiger partial charge is 0.416 e. The first-order chi connectivity index (χ1) is 16.6. The van der Waals surface area contributed by atoms with Crippen LogP contribution in [0.4, 0.5) is 0 Å². The van der Waals surface area contributed by atoms with Crippen molar-refractivity contribution in [2.24, 2.45) is 16.7 Å². The Morgan fingerprint density at radius 3 is 2.39 bits per heavy atom. The van der Waals surface area contributed by atoms with Crippen LogP contribution in [0.3, 0.4) is 0 Å². The highest BCUT2D eigenvalue weighted by Gasteiger charge is 3.01. The Hall–Kier alpha value is -0.803. The fraction of sp³-hybridized carbons (Fsp3) is 0.793. The smallest absolute Gasteiger partial charge is 0.192 e. The molecule has 36 heavy (non-hydrogen) atoms. The quantitative estimate of drug-likeness (QED) is 0.207. The fourth-order valence-corrected chi connectivity index (χ4v) is 9.55. The average molecular weight is 519 g/mol. The molecule has 1 heterocycles. The van der Waals surface area contributed by atoms with Crippen LogP contribution in [0.5, 0.6) is 0 Å². The number of benzene rings is 1. The molecule has 1 saturated heterocycles. The zero-order valence-corrected chi connectivity index (χ0v) is 24.4. The van der Waals surface area contributed by atoms with Crippen molar-refractivity contribution in [1.82, 2.24) is 0 Å². The molecule has 1 aromatic carbocycles. The van der Waals surface area contributed by atoms with E-state index in [9.17, 15) is 10.2 Å². The molecule has 1 spiro atoms. The van der Waals surface area contributed by atoms with E-state index in [-0.39, 0.29) is 24.4 Å². The van der Waals surface area contributed by atoms with E-state index in [4.69, 9.17) is 18.6 Å². The lowest BCUT2D eigenvalue weighted by Gasteiger charge is -2.53. The summed E-state index contributed by atoms with van der Waals surface area (Å²) in [6, 6.07) is 10.1.